The highest BCUT2D eigenvalue weighted by molar-refractivity contribution is 5.98. The predicted molar refractivity (Wildman–Crippen MR) is 269 cm³/mol. The van der Waals surface area contributed by atoms with Gasteiger partial charge in [0.2, 0.25) is 0 Å². The van der Waals surface area contributed by atoms with Gasteiger partial charge >= 0.3 is 0 Å². The van der Waals surface area contributed by atoms with Gasteiger partial charge in [-0.1, -0.05) is 170 Å². The van der Waals surface area contributed by atoms with Gasteiger partial charge in [-0.15, -0.1) is 0 Å². The second-order valence-electron chi connectivity index (χ2n) is 18.9. The lowest BCUT2D eigenvalue weighted by atomic mass is 9.79. The molecular formula is C60H57N3O. The van der Waals surface area contributed by atoms with E-state index in [0.29, 0.717) is 33.6 Å². The molecule has 0 aliphatic carbocycles. The van der Waals surface area contributed by atoms with Crippen molar-refractivity contribution in [3.8, 4) is 78.6 Å². The molecule has 0 saturated heterocycles. The highest BCUT2D eigenvalue weighted by atomic mass is 16.3. The number of aromatic nitrogens is 3. The van der Waals surface area contributed by atoms with E-state index in [0.717, 1.165) is 50.1 Å². The Morgan fingerprint density at radius 1 is 0.594 bits per heavy atom. The number of aromatic hydroxyl groups is 1. The van der Waals surface area contributed by atoms with Gasteiger partial charge in [0, 0.05) is 29.9 Å². The fourth-order valence-electron chi connectivity index (χ4n) is 8.21. The van der Waals surface area contributed by atoms with Gasteiger partial charge in [0.15, 0.2) is 0 Å². The molecular weight excluding hydrogens is 779 g/mol. The number of benzene rings is 7. The van der Waals surface area contributed by atoms with Crippen molar-refractivity contribution in [3.05, 3.63) is 192 Å². The second-order valence-corrected chi connectivity index (χ2v) is 18.9. The zero-order chi connectivity index (χ0) is 51.9. The Bertz CT molecular complexity index is 3590. The van der Waals surface area contributed by atoms with Gasteiger partial charge in [0.25, 0.3) is 0 Å². The lowest BCUT2D eigenvalue weighted by Crippen LogP contribution is -2.17. The molecule has 9 rings (SSSR count). The molecule has 2 aromatic heterocycles. The van der Waals surface area contributed by atoms with Crippen molar-refractivity contribution >= 4 is 11.0 Å². The minimum absolute atomic E-state index is 0.0303. The normalized spacial score (nSPS) is 14.0. The Balaban J connectivity index is 1.39. The molecule has 0 radical (unpaired) electrons. The number of fused-ring (bicyclic) bond motifs is 1. The van der Waals surface area contributed by atoms with Crippen molar-refractivity contribution in [1.29, 1.82) is 0 Å². The zero-order valence-electron chi connectivity index (χ0n) is 45.9. The first kappa shape index (κ1) is 33.5. The van der Waals surface area contributed by atoms with E-state index < -0.39 is 35.6 Å². The van der Waals surface area contributed by atoms with Crippen LogP contribution in [-0.4, -0.2) is 19.6 Å². The highest BCUT2D eigenvalue weighted by Crippen LogP contribution is 2.45. The number of phenols is 1. The third kappa shape index (κ3) is 8.29. The van der Waals surface area contributed by atoms with Gasteiger partial charge in [-0.25, -0.2) is 4.98 Å². The summed E-state index contributed by atoms with van der Waals surface area (Å²) in [4.78, 5) is 10.1. The number of imidazole rings is 1. The third-order valence-electron chi connectivity index (χ3n) is 11.8. The summed E-state index contributed by atoms with van der Waals surface area (Å²) in [5.41, 5.74) is 9.53. The minimum atomic E-state index is -0.984. The highest BCUT2D eigenvalue weighted by Gasteiger charge is 2.29. The van der Waals surface area contributed by atoms with Crippen LogP contribution in [0.3, 0.4) is 0 Å². The van der Waals surface area contributed by atoms with Crippen LogP contribution in [0.2, 0.25) is 0 Å². The number of hydrogen-bond donors (Lipinski definition) is 1. The molecule has 1 N–H and O–H groups in total. The van der Waals surface area contributed by atoms with Gasteiger partial charge in [-0.2, -0.15) is 0 Å². The lowest BCUT2D eigenvalue weighted by molar-refractivity contribution is 0.446. The molecule has 4 heteroatoms. The van der Waals surface area contributed by atoms with Crippen LogP contribution < -0.4 is 0 Å². The predicted octanol–water partition coefficient (Wildman–Crippen LogP) is 16.2. The number of rotatable bonds is 8. The van der Waals surface area contributed by atoms with Crippen LogP contribution in [0.4, 0.5) is 0 Å². The molecule has 9 aromatic rings. The van der Waals surface area contributed by atoms with E-state index in [9.17, 15) is 7.85 Å². The quantitative estimate of drug-likeness (QED) is 0.166. The first-order valence-electron chi connectivity index (χ1n) is 25.7. The summed E-state index contributed by atoms with van der Waals surface area (Å²) in [5, 5.41) is 12.6. The van der Waals surface area contributed by atoms with Crippen molar-refractivity contribution in [2.75, 3.05) is 0 Å². The smallest absolute Gasteiger partial charge is 0.149 e. The number of pyridine rings is 1. The van der Waals surface area contributed by atoms with E-state index in [1.165, 1.54) is 6.92 Å². The molecule has 0 atom stereocenters. The van der Waals surface area contributed by atoms with Crippen LogP contribution in [-0.2, 0) is 10.8 Å². The molecule has 2 heterocycles. The molecule has 0 unspecified atom stereocenters. The third-order valence-corrected chi connectivity index (χ3v) is 11.8. The maximum absolute atomic E-state index is 12.6. The van der Waals surface area contributed by atoms with E-state index in [2.05, 4.69) is 81.4 Å². The molecule has 0 saturated carbocycles. The Morgan fingerprint density at radius 3 is 1.88 bits per heavy atom. The van der Waals surface area contributed by atoms with Crippen molar-refractivity contribution in [1.82, 2.24) is 14.5 Å². The molecule has 0 fully saturated rings. The Morgan fingerprint density at radius 2 is 1.23 bits per heavy atom. The maximum atomic E-state index is 12.6. The van der Waals surface area contributed by atoms with E-state index in [4.69, 9.17) is 13.2 Å². The molecule has 4 nitrogen and oxygen atoms in total. The largest absolute Gasteiger partial charge is 0.507 e. The van der Waals surface area contributed by atoms with Gasteiger partial charge in [0.05, 0.1) is 31.9 Å². The van der Waals surface area contributed by atoms with Gasteiger partial charge < -0.3 is 5.11 Å². The molecule has 64 heavy (non-hydrogen) atoms. The fraction of sp³-hybridized carbons (Fsp3) is 0.200. The van der Waals surface area contributed by atoms with Crippen LogP contribution >= 0.6 is 0 Å². The van der Waals surface area contributed by atoms with E-state index in [1.54, 1.807) is 0 Å². The van der Waals surface area contributed by atoms with Gasteiger partial charge in [-0.05, 0) is 128 Å². The number of para-hydroxylation sites is 1. The van der Waals surface area contributed by atoms with E-state index in [-0.39, 0.29) is 51.7 Å². The Labute approximate surface area is 390 Å². The molecule has 318 valence electrons. The Hall–Kier alpha value is -7.04. The van der Waals surface area contributed by atoms with Crippen LogP contribution in [0, 0.1) is 6.92 Å². The topological polar surface area (TPSA) is 50.9 Å². The van der Waals surface area contributed by atoms with Crippen molar-refractivity contribution in [3.63, 3.8) is 0 Å². The van der Waals surface area contributed by atoms with Crippen molar-refractivity contribution < 1.29 is 16.1 Å². The van der Waals surface area contributed by atoms with Gasteiger partial charge in [0.1, 0.15) is 11.6 Å². The molecule has 7 aromatic carbocycles. The molecule has 0 spiro atoms. The summed E-state index contributed by atoms with van der Waals surface area (Å²) in [5.74, 6) is -0.374. The summed E-state index contributed by atoms with van der Waals surface area (Å²) in [6.45, 7) is 18.0. The van der Waals surface area contributed by atoms with Crippen LogP contribution in [0.25, 0.3) is 83.9 Å². The number of hydrogen-bond acceptors (Lipinski definition) is 3. The zero-order valence-corrected chi connectivity index (χ0v) is 37.9. The van der Waals surface area contributed by atoms with E-state index >= 15 is 0 Å². The maximum Gasteiger partial charge on any atom is 0.149 e. The first-order chi connectivity index (χ1) is 33.8. The molecule has 0 aliphatic rings. The molecule has 0 amide bonds. The molecule has 0 aliphatic heterocycles. The summed E-state index contributed by atoms with van der Waals surface area (Å²) in [6.07, 6.45) is -0.481. The summed E-state index contributed by atoms with van der Waals surface area (Å²) in [7, 11) is 0. The van der Waals surface area contributed by atoms with Gasteiger partial charge in [-0.3, -0.25) is 9.55 Å². The minimum Gasteiger partial charge on any atom is -0.507 e. The Kier molecular flexibility index (Phi) is 8.68. The van der Waals surface area contributed by atoms with Crippen molar-refractivity contribution in [2.45, 2.75) is 79.0 Å². The molecule has 0 bridgehead atoms. The summed E-state index contributed by atoms with van der Waals surface area (Å²) < 4.78 is 73.8. The standard InChI is InChI=1S/C60H57N3O/c1-38(2)44-29-46(41-19-14-11-15-20-41)34-50(33-44)63-55-22-16-21-51(56(55)62-58(63)52-36-49(59(4,5)6)37-53(57(52)64)60(7,8)9)47-30-45(40-17-12-10-13-18-40)31-48(32-47)54-35-43(27-28-61-54)42-25-23-39(3)24-26-42/h10-38,64H,1-9H3/i23D,24D,25D,26D,27D,28D,35D,38D. The summed E-state index contributed by atoms with van der Waals surface area (Å²) >= 11 is 0. The first-order valence-corrected chi connectivity index (χ1v) is 21.7. The number of phenolic OH excluding ortho intramolecular Hbond substituents is 1. The van der Waals surface area contributed by atoms with Crippen LogP contribution in [0.5, 0.6) is 5.75 Å². The van der Waals surface area contributed by atoms with Crippen LogP contribution in [0.15, 0.2) is 170 Å². The average Bonchev–Trinajstić information content (AvgIpc) is 3.74. The fourth-order valence-corrected chi connectivity index (χ4v) is 8.21. The van der Waals surface area contributed by atoms with E-state index in [1.807, 2.05) is 111 Å². The monoisotopic (exact) mass is 844 g/mol. The summed E-state index contributed by atoms with van der Waals surface area (Å²) in [6, 6.07) is 39.7. The van der Waals surface area contributed by atoms with Crippen LogP contribution in [0.1, 0.15) is 94.5 Å². The lowest BCUT2D eigenvalue weighted by Gasteiger charge is -2.27. The number of nitrogens with zero attached hydrogens (tertiary/aromatic N) is 3. The second kappa shape index (κ2) is 16.6. The SMILES string of the molecule is [2H]c1nc(-c2cc(-c3ccccc3)cc(-c3cccc4c3nc(-c3cc(C(C)(C)C)cc(C(C)(C)C)c3O)n4-c3cc(-c4ccccc4)cc(C([2H])(C)C)c3)c2)c([2H])c(-c2c([2H])c([2H])c(C)c([2H])c2[2H])c1[2H]. The van der Waals surface area contributed by atoms with Crippen molar-refractivity contribution in [2.24, 2.45) is 0 Å². The average molecular weight is 844 g/mol.